The second kappa shape index (κ2) is 9.56. The summed E-state index contributed by atoms with van der Waals surface area (Å²) < 4.78 is 54.0. The SMILES string of the molecule is O=C(NCc1ccc(S(=O)(=O)c2cccc(-c3ccc(F)c(F)c3)n2)cc1)c1cc2ccncc2s1. The molecule has 0 spiro atoms. The van der Waals surface area contributed by atoms with Crippen LogP contribution >= 0.6 is 11.3 Å². The van der Waals surface area contributed by atoms with Crippen molar-refractivity contribution in [2.75, 3.05) is 0 Å². The maximum Gasteiger partial charge on any atom is 0.261 e. The highest BCUT2D eigenvalue weighted by atomic mass is 32.2. The van der Waals surface area contributed by atoms with Crippen LogP contribution in [-0.2, 0) is 16.4 Å². The average molecular weight is 522 g/mol. The molecule has 0 aliphatic carbocycles. The number of fused-ring (bicyclic) bond motifs is 1. The maximum atomic E-state index is 13.6. The molecule has 1 N–H and O–H groups in total. The van der Waals surface area contributed by atoms with Crippen LogP contribution in [-0.4, -0.2) is 24.3 Å². The minimum absolute atomic E-state index is 0.0181. The van der Waals surface area contributed by atoms with Crippen molar-refractivity contribution in [3.63, 3.8) is 0 Å². The first kappa shape index (κ1) is 23.7. The van der Waals surface area contributed by atoms with Gasteiger partial charge in [0.05, 0.1) is 20.2 Å². The fourth-order valence-corrected chi connectivity index (χ4v) is 5.71. The number of benzene rings is 2. The number of hydrogen-bond acceptors (Lipinski definition) is 6. The number of halogens is 2. The van der Waals surface area contributed by atoms with Crippen LogP contribution in [0.3, 0.4) is 0 Å². The van der Waals surface area contributed by atoms with Gasteiger partial charge >= 0.3 is 0 Å². The zero-order chi connectivity index (χ0) is 25.3. The van der Waals surface area contributed by atoms with Gasteiger partial charge < -0.3 is 5.32 Å². The molecule has 5 aromatic rings. The van der Waals surface area contributed by atoms with E-state index < -0.39 is 21.5 Å². The number of amides is 1. The zero-order valence-corrected chi connectivity index (χ0v) is 20.1. The highest BCUT2D eigenvalue weighted by Gasteiger charge is 2.20. The van der Waals surface area contributed by atoms with Crippen molar-refractivity contribution in [2.45, 2.75) is 16.5 Å². The van der Waals surface area contributed by atoms with Crippen LogP contribution in [0, 0.1) is 11.6 Å². The number of sulfone groups is 1. The third-order valence-electron chi connectivity index (χ3n) is 5.45. The van der Waals surface area contributed by atoms with Gasteiger partial charge in [-0.05, 0) is 65.5 Å². The number of nitrogens with one attached hydrogen (secondary N) is 1. The first-order valence-corrected chi connectivity index (χ1v) is 13.0. The van der Waals surface area contributed by atoms with Crippen molar-refractivity contribution in [3.8, 4) is 11.3 Å². The second-order valence-corrected chi connectivity index (χ2v) is 10.8. The van der Waals surface area contributed by atoms with Gasteiger partial charge in [0.15, 0.2) is 16.7 Å². The van der Waals surface area contributed by atoms with E-state index in [2.05, 4.69) is 15.3 Å². The molecule has 180 valence electrons. The number of pyridine rings is 2. The Morgan fingerprint density at radius 2 is 1.75 bits per heavy atom. The van der Waals surface area contributed by atoms with Gasteiger partial charge in [0, 0.05) is 24.5 Å². The van der Waals surface area contributed by atoms with Crippen molar-refractivity contribution in [1.82, 2.24) is 15.3 Å². The first-order chi connectivity index (χ1) is 17.3. The number of hydrogen-bond donors (Lipinski definition) is 1. The van der Waals surface area contributed by atoms with Crippen LogP contribution in [0.2, 0.25) is 0 Å². The Morgan fingerprint density at radius 3 is 2.50 bits per heavy atom. The van der Waals surface area contributed by atoms with Gasteiger partial charge in [-0.3, -0.25) is 9.78 Å². The number of carbonyl (C=O) groups is 1. The van der Waals surface area contributed by atoms with Gasteiger partial charge in [-0.25, -0.2) is 22.2 Å². The molecule has 1 amide bonds. The van der Waals surface area contributed by atoms with E-state index in [-0.39, 0.29) is 33.6 Å². The number of thiophene rings is 1. The van der Waals surface area contributed by atoms with Crippen molar-refractivity contribution in [1.29, 1.82) is 0 Å². The third-order valence-corrected chi connectivity index (χ3v) is 8.20. The molecule has 0 fully saturated rings. The molecular weight excluding hydrogens is 504 g/mol. The summed E-state index contributed by atoms with van der Waals surface area (Å²) in [5.74, 6) is -2.28. The van der Waals surface area contributed by atoms with Crippen LogP contribution in [0.15, 0.2) is 95.1 Å². The summed E-state index contributed by atoms with van der Waals surface area (Å²) >= 11 is 1.34. The van der Waals surface area contributed by atoms with Crippen molar-refractivity contribution < 1.29 is 22.0 Å². The fourth-order valence-electron chi connectivity index (χ4n) is 3.55. The Labute approximate surface area is 209 Å². The van der Waals surface area contributed by atoms with E-state index in [0.717, 1.165) is 22.2 Å². The molecular formula is C26H17F2N3O3S2. The largest absolute Gasteiger partial charge is 0.347 e. The van der Waals surface area contributed by atoms with E-state index >= 15 is 0 Å². The smallest absolute Gasteiger partial charge is 0.261 e. The van der Waals surface area contributed by atoms with Crippen molar-refractivity contribution in [3.05, 3.63) is 107 Å². The van der Waals surface area contributed by atoms with E-state index in [9.17, 15) is 22.0 Å². The topological polar surface area (TPSA) is 89.0 Å². The van der Waals surface area contributed by atoms with Crippen molar-refractivity contribution >= 4 is 37.2 Å². The van der Waals surface area contributed by atoms with E-state index in [1.54, 1.807) is 30.6 Å². The number of nitrogens with zero attached hydrogens (tertiary/aromatic N) is 2. The van der Waals surface area contributed by atoms with E-state index in [0.29, 0.717) is 10.4 Å². The molecule has 36 heavy (non-hydrogen) atoms. The Balaban J connectivity index is 1.31. The summed E-state index contributed by atoms with van der Waals surface area (Å²) in [6.45, 7) is 0.218. The molecule has 5 rings (SSSR count). The molecule has 0 unspecified atom stereocenters. The van der Waals surface area contributed by atoms with Gasteiger partial charge in [-0.15, -0.1) is 11.3 Å². The van der Waals surface area contributed by atoms with Gasteiger partial charge in [0.1, 0.15) is 0 Å². The molecule has 2 aromatic carbocycles. The van der Waals surface area contributed by atoms with E-state index in [4.69, 9.17) is 0 Å². The number of carbonyl (C=O) groups excluding carboxylic acids is 1. The monoisotopic (exact) mass is 521 g/mol. The molecule has 0 aliphatic rings. The van der Waals surface area contributed by atoms with E-state index in [1.165, 1.54) is 47.7 Å². The summed E-state index contributed by atoms with van der Waals surface area (Å²) in [5.41, 5.74) is 1.17. The van der Waals surface area contributed by atoms with Crippen molar-refractivity contribution in [2.24, 2.45) is 0 Å². The molecule has 3 heterocycles. The normalized spacial score (nSPS) is 11.5. The Hall–Kier alpha value is -4.02. The third kappa shape index (κ3) is 4.73. The molecule has 3 aromatic heterocycles. The molecule has 10 heteroatoms. The van der Waals surface area contributed by atoms with E-state index in [1.807, 2.05) is 6.07 Å². The summed E-state index contributed by atoms with van der Waals surface area (Å²) in [6, 6.07) is 17.3. The average Bonchev–Trinajstić information content (AvgIpc) is 3.34. The van der Waals surface area contributed by atoms with Gasteiger partial charge in [0.25, 0.3) is 5.91 Å². The number of aromatic nitrogens is 2. The van der Waals surface area contributed by atoms with Crippen LogP contribution in [0.5, 0.6) is 0 Å². The second-order valence-electron chi connectivity index (χ2n) is 7.84. The Kier molecular flexibility index (Phi) is 6.29. The zero-order valence-electron chi connectivity index (χ0n) is 18.5. The van der Waals surface area contributed by atoms with Gasteiger partial charge in [-0.2, -0.15) is 0 Å². The fraction of sp³-hybridized carbons (Fsp3) is 0.0385. The van der Waals surface area contributed by atoms with Crippen LogP contribution in [0.25, 0.3) is 21.3 Å². The summed E-state index contributed by atoms with van der Waals surface area (Å²) in [6.07, 6.45) is 3.37. The minimum Gasteiger partial charge on any atom is -0.347 e. The lowest BCUT2D eigenvalue weighted by Crippen LogP contribution is -2.21. The molecule has 0 bridgehead atoms. The molecule has 0 radical (unpaired) electrons. The summed E-state index contributed by atoms with van der Waals surface area (Å²) in [7, 11) is -3.96. The standard InChI is InChI=1S/C26H17F2N3O3S2/c27-20-9-6-17(12-21(20)28)22-2-1-3-25(31-22)36(33,34)19-7-4-16(5-8-19)14-30-26(32)23-13-18-10-11-29-15-24(18)35-23/h1-13,15H,14H2,(H,30,32). The molecule has 0 saturated carbocycles. The lowest BCUT2D eigenvalue weighted by molar-refractivity contribution is 0.0955. The molecule has 0 atom stereocenters. The Bertz CT molecular complexity index is 1670. The van der Waals surface area contributed by atoms with Crippen LogP contribution in [0.4, 0.5) is 8.78 Å². The molecule has 0 saturated heterocycles. The van der Waals surface area contributed by atoms with Crippen LogP contribution < -0.4 is 5.32 Å². The highest BCUT2D eigenvalue weighted by molar-refractivity contribution is 7.91. The molecule has 0 aliphatic heterocycles. The molecule has 6 nitrogen and oxygen atoms in total. The Morgan fingerprint density at radius 1 is 0.944 bits per heavy atom. The number of rotatable bonds is 6. The van der Waals surface area contributed by atoms with Crippen LogP contribution in [0.1, 0.15) is 15.2 Å². The minimum atomic E-state index is -3.96. The lowest BCUT2D eigenvalue weighted by Gasteiger charge is -2.08. The predicted octanol–water partition coefficient (Wildman–Crippen LogP) is 5.40. The lowest BCUT2D eigenvalue weighted by atomic mass is 10.1. The first-order valence-electron chi connectivity index (χ1n) is 10.7. The highest BCUT2D eigenvalue weighted by Crippen LogP contribution is 2.26. The quantitative estimate of drug-likeness (QED) is 0.323. The van der Waals surface area contributed by atoms with Gasteiger partial charge in [0.2, 0.25) is 9.84 Å². The predicted molar refractivity (Wildman–Crippen MR) is 132 cm³/mol. The van der Waals surface area contributed by atoms with Gasteiger partial charge in [-0.1, -0.05) is 18.2 Å². The summed E-state index contributed by atoms with van der Waals surface area (Å²) in [5, 5.41) is 3.56. The summed E-state index contributed by atoms with van der Waals surface area (Å²) in [4.78, 5) is 21.3. The maximum absolute atomic E-state index is 13.6.